The van der Waals surface area contributed by atoms with E-state index in [2.05, 4.69) is 6.92 Å². The molecule has 2 aliphatic rings. The first kappa shape index (κ1) is 7.14. The zero-order chi connectivity index (χ0) is 7.84. The Bertz CT molecular complexity index is 168. The lowest BCUT2D eigenvalue weighted by atomic mass is 9.75. The Kier molecular flexibility index (Phi) is 1.63. The molecule has 2 rings (SSSR count). The van der Waals surface area contributed by atoms with Gasteiger partial charge in [0.05, 0.1) is 0 Å². The van der Waals surface area contributed by atoms with Crippen molar-refractivity contribution in [3.63, 3.8) is 0 Å². The van der Waals surface area contributed by atoms with E-state index >= 15 is 0 Å². The van der Waals surface area contributed by atoms with Crippen molar-refractivity contribution in [1.82, 2.24) is 4.90 Å². The first-order valence-corrected chi connectivity index (χ1v) is 4.56. The van der Waals surface area contributed by atoms with E-state index in [1.165, 1.54) is 6.42 Å². The minimum Gasteiger partial charge on any atom is -0.342 e. The molecule has 11 heavy (non-hydrogen) atoms. The molecule has 1 saturated heterocycles. The molecule has 0 radical (unpaired) electrons. The van der Waals surface area contributed by atoms with E-state index in [1.54, 1.807) is 0 Å². The first-order valence-electron chi connectivity index (χ1n) is 4.56. The quantitative estimate of drug-likeness (QED) is 0.555. The molecule has 1 saturated carbocycles. The Balaban J connectivity index is 1.81. The zero-order valence-electron chi connectivity index (χ0n) is 7.05. The van der Waals surface area contributed by atoms with Crippen LogP contribution in [0.25, 0.3) is 0 Å². The molecular weight excluding hydrogens is 138 g/mol. The normalized spacial score (nSPS) is 35.9. The molecule has 0 unspecified atom stereocenters. The number of hydrogen-bond donors (Lipinski definition) is 0. The smallest absolute Gasteiger partial charge is 0.225 e. The molecule has 62 valence electrons. The predicted octanol–water partition coefficient (Wildman–Crippen LogP) is 1.26. The minimum atomic E-state index is 0.394. The minimum absolute atomic E-state index is 0.394. The van der Waals surface area contributed by atoms with Gasteiger partial charge in [0.15, 0.2) is 0 Å². The van der Waals surface area contributed by atoms with E-state index in [-0.39, 0.29) is 0 Å². The van der Waals surface area contributed by atoms with Crippen LogP contribution in [0.5, 0.6) is 0 Å². The molecule has 2 fully saturated rings. The highest BCUT2D eigenvalue weighted by molar-refractivity contribution is 5.80. The second-order valence-electron chi connectivity index (χ2n) is 3.95. The number of carbonyl (C=O) groups excluding carboxylic acids is 1. The summed E-state index contributed by atoms with van der Waals surface area (Å²) in [4.78, 5) is 13.5. The zero-order valence-corrected chi connectivity index (χ0v) is 7.05. The van der Waals surface area contributed by atoms with Gasteiger partial charge in [-0.1, -0.05) is 6.92 Å². The van der Waals surface area contributed by atoms with Gasteiger partial charge in [0.25, 0.3) is 0 Å². The van der Waals surface area contributed by atoms with E-state index in [0.29, 0.717) is 11.8 Å². The average Bonchev–Trinajstić information content (AvgIpc) is 1.76. The van der Waals surface area contributed by atoms with Crippen molar-refractivity contribution >= 4 is 5.91 Å². The van der Waals surface area contributed by atoms with Crippen LogP contribution in [0.15, 0.2) is 0 Å². The van der Waals surface area contributed by atoms with Gasteiger partial charge in [0.2, 0.25) is 5.91 Å². The number of carbonyl (C=O) groups is 1. The standard InChI is InChI=1S/C9H15NO/c1-7-5-8(6-7)9(11)10-3-2-4-10/h7-8H,2-6H2,1H3. The largest absolute Gasteiger partial charge is 0.342 e. The Labute approximate surface area is 67.6 Å². The van der Waals surface area contributed by atoms with Crippen LogP contribution in [0.3, 0.4) is 0 Å². The summed E-state index contributed by atoms with van der Waals surface area (Å²) in [6.07, 6.45) is 3.48. The molecule has 0 atom stereocenters. The van der Waals surface area contributed by atoms with E-state index in [0.717, 1.165) is 31.8 Å². The summed E-state index contributed by atoms with van der Waals surface area (Å²) in [7, 11) is 0. The molecule has 0 bridgehead atoms. The summed E-state index contributed by atoms with van der Waals surface area (Å²) in [6.45, 7) is 4.26. The summed E-state index contributed by atoms with van der Waals surface area (Å²) in [5, 5.41) is 0. The number of amides is 1. The van der Waals surface area contributed by atoms with E-state index in [9.17, 15) is 4.79 Å². The maximum Gasteiger partial charge on any atom is 0.225 e. The summed E-state index contributed by atoms with van der Waals surface area (Å²) >= 11 is 0. The van der Waals surface area contributed by atoms with Crippen LogP contribution < -0.4 is 0 Å². The van der Waals surface area contributed by atoms with Gasteiger partial charge in [-0.25, -0.2) is 0 Å². The van der Waals surface area contributed by atoms with Crippen molar-refractivity contribution in [1.29, 1.82) is 0 Å². The van der Waals surface area contributed by atoms with Crippen LogP contribution in [0.1, 0.15) is 26.2 Å². The first-order chi connectivity index (χ1) is 5.27. The average molecular weight is 153 g/mol. The summed E-state index contributed by atoms with van der Waals surface area (Å²) in [5.74, 6) is 1.62. The molecular formula is C9H15NO. The maximum absolute atomic E-state index is 11.5. The van der Waals surface area contributed by atoms with E-state index < -0.39 is 0 Å². The second-order valence-corrected chi connectivity index (χ2v) is 3.95. The highest BCUT2D eigenvalue weighted by Gasteiger charge is 2.35. The van der Waals surface area contributed by atoms with Gasteiger partial charge in [-0.15, -0.1) is 0 Å². The monoisotopic (exact) mass is 153 g/mol. The number of nitrogens with zero attached hydrogens (tertiary/aromatic N) is 1. The molecule has 1 aliphatic heterocycles. The molecule has 0 spiro atoms. The molecule has 0 aromatic heterocycles. The maximum atomic E-state index is 11.5. The van der Waals surface area contributed by atoms with Crippen molar-refractivity contribution in [2.45, 2.75) is 26.2 Å². The van der Waals surface area contributed by atoms with Gasteiger partial charge in [-0.2, -0.15) is 0 Å². The fourth-order valence-electron chi connectivity index (χ4n) is 1.90. The van der Waals surface area contributed by atoms with Crippen LogP contribution in [0, 0.1) is 11.8 Å². The van der Waals surface area contributed by atoms with Crippen LogP contribution >= 0.6 is 0 Å². The Morgan fingerprint density at radius 2 is 2.00 bits per heavy atom. The van der Waals surface area contributed by atoms with Gasteiger partial charge < -0.3 is 4.90 Å². The third-order valence-electron chi connectivity index (χ3n) is 2.89. The molecule has 1 heterocycles. The van der Waals surface area contributed by atoms with Gasteiger partial charge in [0, 0.05) is 19.0 Å². The Hall–Kier alpha value is -0.530. The number of likely N-dealkylation sites (tertiary alicyclic amines) is 1. The Morgan fingerprint density at radius 3 is 2.36 bits per heavy atom. The molecule has 2 nitrogen and oxygen atoms in total. The van der Waals surface area contributed by atoms with Crippen molar-refractivity contribution in [2.24, 2.45) is 11.8 Å². The van der Waals surface area contributed by atoms with Crippen molar-refractivity contribution in [3.8, 4) is 0 Å². The molecule has 0 aromatic carbocycles. The molecule has 1 aliphatic carbocycles. The van der Waals surface area contributed by atoms with Crippen molar-refractivity contribution in [3.05, 3.63) is 0 Å². The summed E-state index contributed by atoms with van der Waals surface area (Å²) in [6, 6.07) is 0. The van der Waals surface area contributed by atoms with E-state index in [1.807, 2.05) is 4.90 Å². The third kappa shape index (κ3) is 1.15. The fourth-order valence-corrected chi connectivity index (χ4v) is 1.90. The van der Waals surface area contributed by atoms with Gasteiger partial charge >= 0.3 is 0 Å². The molecule has 2 heteroatoms. The summed E-state index contributed by atoms with van der Waals surface area (Å²) < 4.78 is 0. The third-order valence-corrected chi connectivity index (χ3v) is 2.89. The van der Waals surface area contributed by atoms with Crippen LogP contribution in [0.4, 0.5) is 0 Å². The van der Waals surface area contributed by atoms with Gasteiger partial charge in [-0.05, 0) is 25.2 Å². The number of rotatable bonds is 1. The van der Waals surface area contributed by atoms with Crippen molar-refractivity contribution < 1.29 is 4.79 Å². The predicted molar refractivity (Wildman–Crippen MR) is 43.1 cm³/mol. The molecule has 0 aromatic rings. The lowest BCUT2D eigenvalue weighted by molar-refractivity contribution is -0.143. The lowest BCUT2D eigenvalue weighted by Crippen LogP contribution is -2.48. The van der Waals surface area contributed by atoms with Gasteiger partial charge in [-0.3, -0.25) is 4.79 Å². The highest BCUT2D eigenvalue weighted by atomic mass is 16.2. The molecule has 1 amide bonds. The fraction of sp³-hybridized carbons (Fsp3) is 0.889. The molecule has 0 N–H and O–H groups in total. The SMILES string of the molecule is CC1CC(C(=O)N2CCC2)C1. The summed E-state index contributed by atoms with van der Waals surface area (Å²) in [5.41, 5.74) is 0. The van der Waals surface area contributed by atoms with Crippen LogP contribution in [-0.2, 0) is 4.79 Å². The second kappa shape index (κ2) is 2.50. The topological polar surface area (TPSA) is 20.3 Å². The lowest BCUT2D eigenvalue weighted by Gasteiger charge is -2.39. The highest BCUT2D eigenvalue weighted by Crippen LogP contribution is 2.35. The van der Waals surface area contributed by atoms with Crippen molar-refractivity contribution in [2.75, 3.05) is 13.1 Å². The van der Waals surface area contributed by atoms with Gasteiger partial charge in [0.1, 0.15) is 0 Å². The van der Waals surface area contributed by atoms with Crippen LogP contribution in [0.2, 0.25) is 0 Å². The van der Waals surface area contributed by atoms with Crippen LogP contribution in [-0.4, -0.2) is 23.9 Å². The van der Waals surface area contributed by atoms with E-state index in [4.69, 9.17) is 0 Å². The number of hydrogen-bond acceptors (Lipinski definition) is 1. The Morgan fingerprint density at radius 1 is 1.36 bits per heavy atom.